The fourth-order valence-electron chi connectivity index (χ4n) is 11.7. The molecule has 3 aliphatic heterocycles. The first-order chi connectivity index (χ1) is 34.7. The van der Waals surface area contributed by atoms with Crippen LogP contribution in [0.15, 0.2) is 30.5 Å². The highest BCUT2D eigenvalue weighted by molar-refractivity contribution is 5.83. The summed E-state index contributed by atoms with van der Waals surface area (Å²) >= 11 is 0. The number of alkyl halides is 1. The molecule has 1 aromatic carbocycles. The van der Waals surface area contributed by atoms with Gasteiger partial charge in [0, 0.05) is 70.4 Å². The van der Waals surface area contributed by atoms with Crippen LogP contribution < -0.4 is 5.32 Å². The quantitative estimate of drug-likeness (QED) is 0.112. The minimum Gasteiger partial charge on any atom is -0.459 e. The predicted octanol–water partition coefficient (Wildman–Crippen LogP) is 2.78. The van der Waals surface area contributed by atoms with E-state index < -0.39 is 138 Å². The van der Waals surface area contributed by atoms with E-state index in [4.69, 9.17) is 28.4 Å². The Hall–Kier alpha value is -3.58. The number of Topliss-reactive ketones (excluding diaryl/α,β-unsaturated/α-hetero) is 1. The molecular weight excluding hydrogens is 966 g/mol. The van der Waals surface area contributed by atoms with Crippen molar-refractivity contribution in [2.45, 2.75) is 198 Å². The monoisotopic (exact) mass is 1050 g/mol. The van der Waals surface area contributed by atoms with Gasteiger partial charge in [0.1, 0.15) is 42.5 Å². The number of aliphatic hydroxyl groups excluding tert-OH is 5. The standard InChI is InChI=1S/C53H86FN5O15/c1-14-40-53(10,68)46(65)32(6)43(62)28(2)24-52(9,70-13)48(30(4)42(31(5)49(67)73-40)39-25-51(8,69-12)47(66)33(7)72-39)74-50-45(64)38(23-29(3)71-50)58(11)21-19-41(61)55-37(26-54)44(63)34-15-17-36(18-16-34)59-27-35(20-22-60)56-57-59/h15-18,27-33,37-40,42,44-48,50,60,63-66,68H,14,19-26H2,1-13H3,(H,55,61)/t28-,29-,30+,31-,32+,33+,37-,38+,39-,40-,42?,44-,45-,46-,47+,48-,50+,51-,52-,53-/m1/s1. The van der Waals surface area contributed by atoms with E-state index in [1.165, 1.54) is 32.7 Å². The molecule has 0 spiro atoms. The van der Waals surface area contributed by atoms with Crippen molar-refractivity contribution >= 4 is 17.7 Å². The lowest BCUT2D eigenvalue weighted by atomic mass is 9.67. The number of nitrogens with zero attached hydrogens (tertiary/aromatic N) is 4. The predicted molar refractivity (Wildman–Crippen MR) is 268 cm³/mol. The van der Waals surface area contributed by atoms with Crippen molar-refractivity contribution in [3.63, 3.8) is 0 Å². The van der Waals surface area contributed by atoms with Crippen LogP contribution in [-0.4, -0.2) is 193 Å². The molecule has 0 radical (unpaired) electrons. The van der Waals surface area contributed by atoms with Gasteiger partial charge in [-0.3, -0.25) is 14.4 Å². The van der Waals surface area contributed by atoms with Gasteiger partial charge in [0.25, 0.3) is 0 Å². The number of aliphatic hydroxyl groups is 6. The zero-order valence-corrected chi connectivity index (χ0v) is 45.6. The Labute approximate surface area is 435 Å². The van der Waals surface area contributed by atoms with E-state index in [1.54, 1.807) is 84.0 Å². The molecule has 4 heterocycles. The second-order valence-electron chi connectivity index (χ2n) is 22.0. The van der Waals surface area contributed by atoms with Gasteiger partial charge in [0.15, 0.2) is 6.29 Å². The third-order valence-electron chi connectivity index (χ3n) is 16.5. The van der Waals surface area contributed by atoms with E-state index in [0.717, 1.165) is 0 Å². The van der Waals surface area contributed by atoms with Gasteiger partial charge >= 0.3 is 5.97 Å². The highest BCUT2D eigenvalue weighted by Gasteiger charge is 2.56. The molecule has 21 heteroatoms. The molecule has 5 rings (SSSR count). The third kappa shape index (κ3) is 13.6. The minimum absolute atomic E-state index is 0.0301. The summed E-state index contributed by atoms with van der Waals surface area (Å²) in [6.45, 7) is 15.9. The zero-order chi connectivity index (χ0) is 55.2. The van der Waals surface area contributed by atoms with Crippen LogP contribution in [0.4, 0.5) is 4.39 Å². The molecule has 1 unspecified atom stereocenters. The smallest absolute Gasteiger partial charge is 0.309 e. The maximum absolute atomic E-state index is 14.6. The molecule has 1 aromatic heterocycles. The molecule has 74 heavy (non-hydrogen) atoms. The van der Waals surface area contributed by atoms with Crippen LogP contribution in [0.25, 0.3) is 5.69 Å². The SMILES string of the molecule is CC[C@H]1OC(=O)[C@H](C)C([C@H]2C[C@@](C)(OC)[C@@H](O)[C@H](C)O2)[C@H](C)[C@@H](O[C@@H]2O[C@H](C)C[C@H](N(C)CCC(=O)N[C@H](CF)[C@H](O)c3ccc(-n4cc(CCO)nn4)cc3)[C@H]2O)[C@](C)(OC)C[C@@H](C)C(=O)[C@H](C)[C@@H](O)[C@]1(C)O. The number of cyclic esters (lactones) is 1. The number of hydrogen-bond donors (Lipinski definition) is 7. The highest BCUT2D eigenvalue weighted by Crippen LogP contribution is 2.46. The average Bonchev–Trinajstić information content (AvgIpc) is 3.85. The number of esters is 1. The molecule has 7 N–H and O–H groups in total. The third-order valence-corrected chi connectivity index (χ3v) is 16.5. The van der Waals surface area contributed by atoms with Crippen LogP contribution in [0.5, 0.6) is 0 Å². The van der Waals surface area contributed by atoms with E-state index >= 15 is 0 Å². The first-order valence-corrected chi connectivity index (χ1v) is 26.2. The van der Waals surface area contributed by atoms with Crippen molar-refractivity contribution in [1.29, 1.82) is 0 Å². The van der Waals surface area contributed by atoms with Crippen LogP contribution in [0.1, 0.15) is 119 Å². The molecule has 20 atom stereocenters. The number of likely N-dealkylation sites (N-methyl/N-ethyl adjacent to an activating group) is 1. The Bertz CT molecular complexity index is 2140. The number of aromatic nitrogens is 3. The summed E-state index contributed by atoms with van der Waals surface area (Å²) in [5.41, 5.74) is -2.90. The largest absolute Gasteiger partial charge is 0.459 e. The molecule has 0 aliphatic carbocycles. The number of carbonyl (C=O) groups is 3. The number of amides is 1. The molecule has 20 nitrogen and oxygen atoms in total. The van der Waals surface area contributed by atoms with E-state index in [-0.39, 0.29) is 44.6 Å². The highest BCUT2D eigenvalue weighted by atomic mass is 19.1. The summed E-state index contributed by atoms with van der Waals surface area (Å²) in [4.78, 5) is 44.1. The van der Waals surface area contributed by atoms with Crippen LogP contribution in [0.3, 0.4) is 0 Å². The molecule has 3 fully saturated rings. The number of nitrogens with one attached hydrogen (secondary N) is 1. The molecule has 0 bridgehead atoms. The van der Waals surface area contributed by atoms with Crippen molar-refractivity contribution in [3.8, 4) is 5.69 Å². The Morgan fingerprint density at radius 1 is 0.973 bits per heavy atom. The lowest BCUT2D eigenvalue weighted by Crippen LogP contribution is -2.62. The van der Waals surface area contributed by atoms with Gasteiger partial charge in [-0.05, 0) is 84.5 Å². The lowest BCUT2D eigenvalue weighted by Gasteiger charge is -2.52. The van der Waals surface area contributed by atoms with E-state index in [2.05, 4.69) is 15.6 Å². The number of ether oxygens (including phenoxy) is 6. The van der Waals surface area contributed by atoms with Gasteiger partial charge in [0.2, 0.25) is 5.91 Å². The number of ketones is 1. The fourth-order valence-corrected chi connectivity index (χ4v) is 11.7. The zero-order valence-electron chi connectivity index (χ0n) is 45.6. The molecule has 0 saturated carbocycles. The maximum atomic E-state index is 14.6. The Morgan fingerprint density at radius 3 is 2.22 bits per heavy atom. The summed E-state index contributed by atoms with van der Waals surface area (Å²) in [5, 5.41) is 78.1. The fraction of sp³-hybridized carbons (Fsp3) is 0.792. The molecular formula is C53H86FN5O15. The summed E-state index contributed by atoms with van der Waals surface area (Å²) in [7, 11) is 4.71. The van der Waals surface area contributed by atoms with Gasteiger partial charge in [-0.2, -0.15) is 0 Å². The van der Waals surface area contributed by atoms with Crippen molar-refractivity contribution in [1.82, 2.24) is 25.2 Å². The number of rotatable bonds is 17. The Kier molecular flexibility index (Phi) is 21.3. The Balaban J connectivity index is 1.41. The summed E-state index contributed by atoms with van der Waals surface area (Å²) in [6.07, 6.45) is -8.48. The molecule has 420 valence electrons. The molecule has 2 aromatic rings. The van der Waals surface area contributed by atoms with Gasteiger partial charge in [0.05, 0.1) is 71.3 Å². The second kappa shape index (κ2) is 25.7. The van der Waals surface area contributed by atoms with Crippen LogP contribution >= 0.6 is 0 Å². The summed E-state index contributed by atoms with van der Waals surface area (Å²) < 4.78 is 54.4. The normalized spacial score (nSPS) is 38.7. The van der Waals surface area contributed by atoms with E-state index in [1.807, 2.05) is 13.8 Å². The summed E-state index contributed by atoms with van der Waals surface area (Å²) in [6, 6.07) is 4.65. The van der Waals surface area contributed by atoms with Gasteiger partial charge in [-0.15, -0.1) is 5.10 Å². The topological polar surface area (TPSA) is 274 Å². The van der Waals surface area contributed by atoms with Crippen molar-refractivity contribution < 1.29 is 77.8 Å². The number of hydrogen-bond acceptors (Lipinski definition) is 18. The van der Waals surface area contributed by atoms with E-state index in [0.29, 0.717) is 29.8 Å². The second-order valence-corrected chi connectivity index (χ2v) is 22.0. The van der Waals surface area contributed by atoms with Crippen LogP contribution in [0, 0.1) is 29.6 Å². The molecule has 1 amide bonds. The number of carbonyl (C=O) groups excluding carboxylic acids is 3. The van der Waals surface area contributed by atoms with Crippen molar-refractivity contribution in [2.24, 2.45) is 29.6 Å². The van der Waals surface area contributed by atoms with Crippen molar-refractivity contribution in [2.75, 3.05) is 41.1 Å². The lowest BCUT2D eigenvalue weighted by molar-refractivity contribution is -0.305. The van der Waals surface area contributed by atoms with Crippen molar-refractivity contribution in [3.05, 3.63) is 41.7 Å². The van der Waals surface area contributed by atoms with Gasteiger partial charge in [-0.25, -0.2) is 9.07 Å². The maximum Gasteiger partial charge on any atom is 0.309 e. The Morgan fingerprint density at radius 2 is 1.62 bits per heavy atom. The van der Waals surface area contributed by atoms with Gasteiger partial charge in [-0.1, -0.05) is 52.0 Å². The molecule has 3 saturated heterocycles. The number of methoxy groups -OCH3 is 2. The van der Waals surface area contributed by atoms with Crippen LogP contribution in [0.2, 0.25) is 0 Å². The minimum atomic E-state index is -2.02. The number of halogens is 1. The first-order valence-electron chi connectivity index (χ1n) is 26.2. The van der Waals surface area contributed by atoms with Gasteiger partial charge < -0.3 is 69.3 Å². The average molecular weight is 1050 g/mol. The van der Waals surface area contributed by atoms with E-state index in [9.17, 15) is 49.4 Å². The molecule has 3 aliphatic rings. The van der Waals surface area contributed by atoms with Crippen LogP contribution in [-0.2, 0) is 49.2 Å². The summed E-state index contributed by atoms with van der Waals surface area (Å²) in [5.74, 6) is -6.00. The number of benzene rings is 1. The first kappa shape index (κ1) is 61.3.